The minimum absolute atomic E-state index is 0.0573. The molecule has 2 aromatic rings. The highest BCUT2D eigenvalue weighted by Crippen LogP contribution is 2.45. The van der Waals surface area contributed by atoms with Gasteiger partial charge < -0.3 is 5.32 Å². The molecule has 4 nitrogen and oxygen atoms in total. The van der Waals surface area contributed by atoms with E-state index in [9.17, 15) is 14.9 Å². The SMILES string of the molecule is C=C1NC(SCC(=O)c2cc(Cl)ccc2Cl)=C(C#N)C(c2sccc2C)C1C(C)=O. The molecule has 0 amide bonds. The maximum Gasteiger partial charge on any atom is 0.174 e. The van der Waals surface area contributed by atoms with Crippen LogP contribution in [-0.2, 0) is 4.79 Å². The fraction of sp³-hybridized carbons (Fsp3) is 0.227. The Morgan fingerprint density at radius 3 is 2.67 bits per heavy atom. The van der Waals surface area contributed by atoms with E-state index in [1.165, 1.54) is 36.1 Å². The standard InChI is InChI=1S/C22H18Cl2N2O2S2/c1-11-6-7-29-21(11)20-16(9-25)22(26-12(2)19(20)13(3)27)30-10-18(28)15-8-14(23)4-5-17(15)24/h4-8,19-20,26H,2,10H2,1,3H3. The molecule has 1 aliphatic heterocycles. The average molecular weight is 477 g/mol. The van der Waals surface area contributed by atoms with Crippen LogP contribution in [0.1, 0.15) is 33.6 Å². The first-order valence-corrected chi connectivity index (χ1v) is 11.6. The van der Waals surface area contributed by atoms with E-state index >= 15 is 0 Å². The summed E-state index contributed by atoms with van der Waals surface area (Å²) in [5.41, 5.74) is 2.31. The smallest absolute Gasteiger partial charge is 0.174 e. The Morgan fingerprint density at radius 1 is 1.33 bits per heavy atom. The molecule has 0 saturated carbocycles. The molecule has 8 heteroatoms. The van der Waals surface area contributed by atoms with Gasteiger partial charge in [-0.05, 0) is 49.1 Å². The largest absolute Gasteiger partial charge is 0.353 e. The third-order valence-electron chi connectivity index (χ3n) is 4.86. The van der Waals surface area contributed by atoms with Gasteiger partial charge in [-0.15, -0.1) is 11.3 Å². The second-order valence-electron chi connectivity index (χ2n) is 6.87. The minimum atomic E-state index is -0.542. The number of carbonyl (C=O) groups excluding carboxylic acids is 2. The fourth-order valence-corrected chi connectivity index (χ4v) is 5.86. The van der Waals surface area contributed by atoms with Gasteiger partial charge in [-0.3, -0.25) is 9.59 Å². The van der Waals surface area contributed by atoms with E-state index in [1.54, 1.807) is 12.1 Å². The highest BCUT2D eigenvalue weighted by atomic mass is 35.5. The first-order chi connectivity index (χ1) is 14.2. The van der Waals surface area contributed by atoms with Gasteiger partial charge in [0.15, 0.2) is 5.78 Å². The molecule has 2 heterocycles. The van der Waals surface area contributed by atoms with Crippen LogP contribution in [0.15, 0.2) is 52.5 Å². The van der Waals surface area contributed by atoms with Gasteiger partial charge in [0.1, 0.15) is 5.78 Å². The zero-order valence-corrected chi connectivity index (χ0v) is 19.4. The lowest BCUT2D eigenvalue weighted by atomic mass is 9.78. The molecule has 3 rings (SSSR count). The third-order valence-corrected chi connectivity index (χ3v) is 7.54. The molecule has 0 fully saturated rings. The number of carbonyl (C=O) groups is 2. The van der Waals surface area contributed by atoms with E-state index in [0.717, 1.165) is 10.4 Å². The molecule has 0 saturated heterocycles. The summed E-state index contributed by atoms with van der Waals surface area (Å²) >= 11 is 14.8. The van der Waals surface area contributed by atoms with Gasteiger partial charge in [-0.25, -0.2) is 0 Å². The topological polar surface area (TPSA) is 70.0 Å². The Bertz CT molecular complexity index is 1110. The summed E-state index contributed by atoms with van der Waals surface area (Å²) < 4.78 is 0. The summed E-state index contributed by atoms with van der Waals surface area (Å²) in [4.78, 5) is 26.1. The molecule has 0 aliphatic carbocycles. The Kier molecular flexibility index (Phi) is 7.10. The summed E-state index contributed by atoms with van der Waals surface area (Å²) in [5, 5.41) is 16.3. The van der Waals surface area contributed by atoms with E-state index < -0.39 is 11.8 Å². The van der Waals surface area contributed by atoms with Crippen molar-refractivity contribution in [2.24, 2.45) is 5.92 Å². The van der Waals surface area contributed by atoms with Crippen molar-refractivity contribution in [2.45, 2.75) is 19.8 Å². The lowest BCUT2D eigenvalue weighted by Crippen LogP contribution is -2.35. The van der Waals surface area contributed by atoms with Crippen LogP contribution < -0.4 is 5.32 Å². The summed E-state index contributed by atoms with van der Waals surface area (Å²) in [6.45, 7) is 7.49. The predicted octanol–water partition coefficient (Wildman–Crippen LogP) is 6.12. The van der Waals surface area contributed by atoms with Crippen molar-refractivity contribution in [1.82, 2.24) is 5.32 Å². The number of halogens is 2. The number of hydrogen-bond acceptors (Lipinski definition) is 6. The summed E-state index contributed by atoms with van der Waals surface area (Å²) in [7, 11) is 0. The van der Waals surface area contributed by atoms with Gasteiger partial charge in [0, 0.05) is 27.1 Å². The number of nitriles is 1. The van der Waals surface area contributed by atoms with E-state index in [-0.39, 0.29) is 17.3 Å². The fourth-order valence-electron chi connectivity index (χ4n) is 3.43. The molecule has 1 aromatic heterocycles. The third kappa shape index (κ3) is 4.50. The van der Waals surface area contributed by atoms with E-state index in [0.29, 0.717) is 31.9 Å². The van der Waals surface area contributed by atoms with Gasteiger partial charge >= 0.3 is 0 Å². The lowest BCUT2D eigenvalue weighted by Gasteiger charge is -2.33. The van der Waals surface area contributed by atoms with Crippen LogP contribution in [0.4, 0.5) is 0 Å². The van der Waals surface area contributed by atoms with Gasteiger partial charge in [0.25, 0.3) is 0 Å². The number of thioether (sulfide) groups is 1. The van der Waals surface area contributed by atoms with Crippen molar-refractivity contribution in [1.29, 1.82) is 5.26 Å². The first kappa shape index (κ1) is 22.6. The predicted molar refractivity (Wildman–Crippen MR) is 124 cm³/mol. The van der Waals surface area contributed by atoms with Gasteiger partial charge in [-0.2, -0.15) is 5.26 Å². The van der Waals surface area contributed by atoms with Gasteiger partial charge in [-0.1, -0.05) is 41.5 Å². The van der Waals surface area contributed by atoms with Crippen molar-refractivity contribution >= 4 is 57.9 Å². The van der Waals surface area contributed by atoms with Gasteiger partial charge in [0.2, 0.25) is 0 Å². The summed E-state index contributed by atoms with van der Waals surface area (Å²) in [6, 6.07) is 8.95. The van der Waals surface area contributed by atoms with Crippen LogP contribution in [0.3, 0.4) is 0 Å². The maximum absolute atomic E-state index is 12.7. The van der Waals surface area contributed by atoms with Crippen molar-refractivity contribution in [2.75, 3.05) is 5.75 Å². The summed E-state index contributed by atoms with van der Waals surface area (Å²) in [6.07, 6.45) is 0. The molecule has 2 atom stereocenters. The van der Waals surface area contributed by atoms with Crippen molar-refractivity contribution in [3.05, 3.63) is 78.6 Å². The molecule has 0 bridgehead atoms. The Hall–Kier alpha value is -2.04. The minimum Gasteiger partial charge on any atom is -0.353 e. The second kappa shape index (κ2) is 9.40. The Labute approximate surface area is 193 Å². The molecular weight excluding hydrogens is 459 g/mol. The second-order valence-corrected chi connectivity index (χ2v) is 9.65. The highest BCUT2D eigenvalue weighted by Gasteiger charge is 2.39. The molecule has 0 spiro atoms. The van der Waals surface area contributed by atoms with Crippen LogP contribution in [0.25, 0.3) is 0 Å². The molecule has 2 unspecified atom stereocenters. The molecule has 30 heavy (non-hydrogen) atoms. The van der Waals surface area contributed by atoms with Gasteiger partial charge in [0.05, 0.1) is 33.4 Å². The average Bonchev–Trinajstić information content (AvgIpc) is 3.12. The number of hydrogen-bond donors (Lipinski definition) is 1. The number of aryl methyl sites for hydroxylation is 1. The zero-order valence-electron chi connectivity index (χ0n) is 16.3. The zero-order chi connectivity index (χ0) is 22.0. The lowest BCUT2D eigenvalue weighted by molar-refractivity contribution is -0.120. The van der Waals surface area contributed by atoms with Crippen LogP contribution in [0, 0.1) is 24.2 Å². The molecule has 0 radical (unpaired) electrons. The number of thiophene rings is 1. The van der Waals surface area contributed by atoms with Crippen LogP contribution in [0.2, 0.25) is 10.0 Å². The number of ketones is 2. The van der Waals surface area contributed by atoms with E-state index in [1.807, 2.05) is 18.4 Å². The Balaban J connectivity index is 1.96. The first-order valence-electron chi connectivity index (χ1n) is 9.00. The van der Waals surface area contributed by atoms with E-state index in [4.69, 9.17) is 23.2 Å². The number of nitrogens with one attached hydrogen (secondary N) is 1. The van der Waals surface area contributed by atoms with Crippen LogP contribution >= 0.6 is 46.3 Å². The number of nitrogens with zero attached hydrogens (tertiary/aromatic N) is 1. The van der Waals surface area contributed by atoms with E-state index in [2.05, 4.69) is 18.0 Å². The molecule has 1 aliphatic rings. The maximum atomic E-state index is 12.7. The monoisotopic (exact) mass is 476 g/mol. The molecule has 1 N–H and O–H groups in total. The highest BCUT2D eigenvalue weighted by molar-refractivity contribution is 8.03. The normalized spacial score (nSPS) is 18.7. The number of benzene rings is 1. The quantitative estimate of drug-likeness (QED) is 0.508. The van der Waals surface area contributed by atoms with Crippen LogP contribution in [0.5, 0.6) is 0 Å². The van der Waals surface area contributed by atoms with Crippen molar-refractivity contribution in [3.8, 4) is 6.07 Å². The number of allylic oxidation sites excluding steroid dienone is 2. The molecule has 1 aromatic carbocycles. The molecular formula is C22H18Cl2N2O2S2. The molecule has 154 valence electrons. The summed E-state index contributed by atoms with van der Waals surface area (Å²) in [5.74, 6) is -1.18. The van der Waals surface area contributed by atoms with Crippen molar-refractivity contribution in [3.63, 3.8) is 0 Å². The van der Waals surface area contributed by atoms with Crippen LogP contribution in [-0.4, -0.2) is 17.3 Å². The Morgan fingerprint density at radius 2 is 2.07 bits per heavy atom. The van der Waals surface area contributed by atoms with Crippen molar-refractivity contribution < 1.29 is 9.59 Å². The number of rotatable bonds is 6. The number of Topliss-reactive ketones (excluding diaryl/α,β-unsaturated/α-hetero) is 2.